The number of benzene rings is 1. The molecule has 1 aliphatic rings. The molecule has 1 aromatic carbocycles. The fraction of sp³-hybridized carbons (Fsp3) is 0.444. The van der Waals surface area contributed by atoms with Crippen molar-refractivity contribution in [3.8, 4) is 0 Å². The highest BCUT2D eigenvalue weighted by molar-refractivity contribution is 7.99. The van der Waals surface area contributed by atoms with E-state index in [2.05, 4.69) is 11.1 Å². The van der Waals surface area contributed by atoms with Crippen molar-refractivity contribution in [2.24, 2.45) is 12.2 Å². The lowest BCUT2D eigenvalue weighted by atomic mass is 10.0. The Balaban J connectivity index is 1.77. The average molecular weight is 409 g/mol. The number of hydrogen-bond donors (Lipinski definition) is 1. The summed E-state index contributed by atoms with van der Waals surface area (Å²) in [6, 6.07) is 4.61. The first-order valence-corrected chi connectivity index (χ1v) is 11.5. The molecule has 0 fully saturated rings. The van der Waals surface area contributed by atoms with Crippen molar-refractivity contribution < 1.29 is 13.2 Å². The second-order valence-electron chi connectivity index (χ2n) is 6.52. The van der Waals surface area contributed by atoms with E-state index >= 15 is 0 Å². The SMILES string of the molecule is CCN(C(=O)CSc1nc2cc(S(N)(=O)=O)ccc2n1C)C1=CCCCC1. The molecule has 1 heterocycles. The molecule has 0 saturated carbocycles. The van der Waals surface area contributed by atoms with Gasteiger partial charge in [0.1, 0.15) is 0 Å². The third-order valence-corrected chi connectivity index (χ3v) is 6.62. The summed E-state index contributed by atoms with van der Waals surface area (Å²) in [5, 5.41) is 5.85. The number of nitrogens with two attached hydrogens (primary N) is 1. The molecule has 0 saturated heterocycles. The fourth-order valence-corrected chi connectivity index (χ4v) is 4.67. The van der Waals surface area contributed by atoms with Gasteiger partial charge in [0.2, 0.25) is 15.9 Å². The molecule has 3 rings (SSSR count). The van der Waals surface area contributed by atoms with Gasteiger partial charge in [-0.15, -0.1) is 0 Å². The van der Waals surface area contributed by atoms with Crippen LogP contribution in [0.3, 0.4) is 0 Å². The number of aryl methyl sites for hydroxylation is 1. The van der Waals surface area contributed by atoms with Gasteiger partial charge >= 0.3 is 0 Å². The standard InChI is InChI=1S/C18H24N4O3S2/c1-3-22(13-7-5-4-6-8-13)17(23)12-26-18-20-15-11-14(27(19,24)25)9-10-16(15)21(18)2/h7,9-11H,3-6,8,12H2,1-2H3,(H2,19,24,25). The number of allylic oxidation sites excluding steroid dienone is 2. The van der Waals surface area contributed by atoms with Gasteiger partial charge in [0, 0.05) is 19.3 Å². The first kappa shape index (κ1) is 19.9. The summed E-state index contributed by atoms with van der Waals surface area (Å²) in [5.41, 5.74) is 2.46. The van der Waals surface area contributed by atoms with Crippen LogP contribution in [0.1, 0.15) is 32.6 Å². The number of carbonyl (C=O) groups excluding carboxylic acids is 1. The van der Waals surface area contributed by atoms with Crippen molar-refractivity contribution in [3.05, 3.63) is 30.0 Å². The van der Waals surface area contributed by atoms with Crippen molar-refractivity contribution in [1.82, 2.24) is 14.5 Å². The van der Waals surface area contributed by atoms with Crippen LogP contribution in [0, 0.1) is 0 Å². The first-order valence-electron chi connectivity index (χ1n) is 8.92. The minimum atomic E-state index is -3.77. The van der Waals surface area contributed by atoms with E-state index in [9.17, 15) is 13.2 Å². The number of fused-ring (bicyclic) bond motifs is 1. The summed E-state index contributed by atoms with van der Waals surface area (Å²) in [5.74, 6) is 0.345. The summed E-state index contributed by atoms with van der Waals surface area (Å²) >= 11 is 1.35. The zero-order valence-corrected chi connectivity index (χ0v) is 17.1. The van der Waals surface area contributed by atoms with Gasteiger partial charge in [-0.3, -0.25) is 4.79 Å². The smallest absolute Gasteiger partial charge is 0.238 e. The Kier molecular flexibility index (Phi) is 5.92. The number of nitrogens with zero attached hydrogens (tertiary/aromatic N) is 3. The maximum absolute atomic E-state index is 12.7. The van der Waals surface area contributed by atoms with Crippen molar-refractivity contribution in [2.75, 3.05) is 12.3 Å². The van der Waals surface area contributed by atoms with Gasteiger partial charge in [0.15, 0.2) is 5.16 Å². The van der Waals surface area contributed by atoms with E-state index in [-0.39, 0.29) is 16.6 Å². The van der Waals surface area contributed by atoms with Gasteiger partial charge in [-0.25, -0.2) is 18.5 Å². The van der Waals surface area contributed by atoms with Gasteiger partial charge in [0.05, 0.1) is 21.7 Å². The fourth-order valence-electron chi connectivity index (χ4n) is 3.27. The monoisotopic (exact) mass is 408 g/mol. The van der Waals surface area contributed by atoms with Crippen molar-refractivity contribution in [3.63, 3.8) is 0 Å². The van der Waals surface area contributed by atoms with Crippen LogP contribution in [0.25, 0.3) is 11.0 Å². The molecule has 1 aliphatic carbocycles. The maximum Gasteiger partial charge on any atom is 0.238 e. The van der Waals surface area contributed by atoms with Gasteiger partial charge < -0.3 is 9.47 Å². The number of rotatable bonds is 6. The normalized spacial score (nSPS) is 15.0. The van der Waals surface area contributed by atoms with E-state index < -0.39 is 10.0 Å². The number of imidazole rings is 1. The lowest BCUT2D eigenvalue weighted by Crippen LogP contribution is -2.32. The van der Waals surface area contributed by atoms with Gasteiger partial charge in [-0.05, 0) is 50.8 Å². The predicted molar refractivity (Wildman–Crippen MR) is 107 cm³/mol. The van der Waals surface area contributed by atoms with Crippen molar-refractivity contribution >= 4 is 38.7 Å². The highest BCUT2D eigenvalue weighted by atomic mass is 32.2. The molecule has 1 amide bonds. The summed E-state index contributed by atoms with van der Waals surface area (Å²) in [7, 11) is -1.93. The zero-order valence-electron chi connectivity index (χ0n) is 15.5. The molecule has 2 aromatic rings. The number of aromatic nitrogens is 2. The average Bonchev–Trinajstić information content (AvgIpc) is 2.96. The van der Waals surface area contributed by atoms with E-state index in [1.165, 1.54) is 30.3 Å². The van der Waals surface area contributed by atoms with Crippen LogP contribution in [0.15, 0.2) is 40.0 Å². The molecule has 0 unspecified atom stereocenters. The topological polar surface area (TPSA) is 98.3 Å². The first-order chi connectivity index (χ1) is 12.8. The Morgan fingerprint density at radius 1 is 1.37 bits per heavy atom. The maximum atomic E-state index is 12.7. The van der Waals surface area contributed by atoms with E-state index in [1.54, 1.807) is 6.07 Å². The van der Waals surface area contributed by atoms with Gasteiger partial charge in [-0.1, -0.05) is 17.8 Å². The molecule has 0 atom stereocenters. The third kappa shape index (κ3) is 4.36. The predicted octanol–water partition coefficient (Wildman–Crippen LogP) is 2.62. The molecule has 0 aliphatic heterocycles. The Labute approximate surface area is 163 Å². The molecule has 0 bridgehead atoms. The molecule has 9 heteroatoms. The van der Waals surface area contributed by atoms with Crippen LogP contribution in [0.5, 0.6) is 0 Å². The Hall–Kier alpha value is -1.84. The quantitative estimate of drug-likeness (QED) is 0.741. The lowest BCUT2D eigenvalue weighted by Gasteiger charge is -2.26. The van der Waals surface area contributed by atoms with Crippen LogP contribution in [0.4, 0.5) is 0 Å². The third-order valence-electron chi connectivity index (χ3n) is 4.70. The summed E-state index contributed by atoms with van der Waals surface area (Å²) < 4.78 is 24.9. The molecule has 2 N–H and O–H groups in total. The molecular weight excluding hydrogens is 384 g/mol. The molecule has 146 valence electrons. The van der Waals surface area contributed by atoms with Gasteiger partial charge in [-0.2, -0.15) is 0 Å². The summed E-state index contributed by atoms with van der Waals surface area (Å²) in [6.07, 6.45) is 6.46. The van der Waals surface area contributed by atoms with Crippen LogP contribution in [-0.4, -0.2) is 41.1 Å². The molecule has 0 spiro atoms. The molecule has 0 radical (unpaired) electrons. The van der Waals surface area contributed by atoms with E-state index in [0.29, 0.717) is 17.2 Å². The lowest BCUT2D eigenvalue weighted by molar-refractivity contribution is -0.126. The van der Waals surface area contributed by atoms with Crippen LogP contribution >= 0.6 is 11.8 Å². The Morgan fingerprint density at radius 3 is 2.78 bits per heavy atom. The number of thioether (sulfide) groups is 1. The van der Waals surface area contributed by atoms with E-state index in [1.807, 2.05) is 23.4 Å². The van der Waals surface area contributed by atoms with Crippen LogP contribution in [-0.2, 0) is 21.9 Å². The Bertz CT molecular complexity index is 995. The second kappa shape index (κ2) is 8.04. The van der Waals surface area contributed by atoms with E-state index in [4.69, 9.17) is 5.14 Å². The number of carbonyl (C=O) groups is 1. The molecule has 7 nitrogen and oxygen atoms in total. The minimum Gasteiger partial charge on any atom is -0.322 e. The number of sulfonamides is 1. The van der Waals surface area contributed by atoms with Crippen molar-refractivity contribution in [1.29, 1.82) is 0 Å². The number of primary sulfonamides is 1. The summed E-state index contributed by atoms with van der Waals surface area (Å²) in [6.45, 7) is 2.65. The summed E-state index contributed by atoms with van der Waals surface area (Å²) in [4.78, 5) is 19.1. The highest BCUT2D eigenvalue weighted by Gasteiger charge is 2.19. The van der Waals surface area contributed by atoms with Crippen molar-refractivity contribution in [2.45, 2.75) is 42.7 Å². The highest BCUT2D eigenvalue weighted by Crippen LogP contribution is 2.26. The zero-order chi connectivity index (χ0) is 19.6. The molecule has 1 aromatic heterocycles. The van der Waals surface area contributed by atoms with Crippen LogP contribution in [0.2, 0.25) is 0 Å². The largest absolute Gasteiger partial charge is 0.322 e. The Morgan fingerprint density at radius 2 is 2.15 bits per heavy atom. The molecular formula is C18H24N4O3S2. The molecule has 27 heavy (non-hydrogen) atoms. The van der Waals surface area contributed by atoms with E-state index in [0.717, 1.165) is 30.5 Å². The van der Waals surface area contributed by atoms with Gasteiger partial charge in [0.25, 0.3) is 0 Å². The van der Waals surface area contributed by atoms with Crippen LogP contribution < -0.4 is 5.14 Å². The number of hydrogen-bond acceptors (Lipinski definition) is 5. The number of amides is 1. The minimum absolute atomic E-state index is 0.0297. The second-order valence-corrected chi connectivity index (χ2v) is 9.02.